The maximum atomic E-state index is 4.45. The summed E-state index contributed by atoms with van der Waals surface area (Å²) in [4.78, 5) is 0. The molecule has 124 valence electrons. The SMILES string of the molecule is CCc1cc(-c2n[nH]nc2-c2ccc(I)cc2)cc(CC)c1CC. The van der Waals surface area contributed by atoms with Crippen LogP contribution in [0.4, 0.5) is 0 Å². The van der Waals surface area contributed by atoms with Crippen molar-refractivity contribution in [2.75, 3.05) is 0 Å². The van der Waals surface area contributed by atoms with E-state index < -0.39 is 0 Å². The number of benzene rings is 2. The summed E-state index contributed by atoms with van der Waals surface area (Å²) in [6, 6.07) is 13.0. The molecule has 0 atom stereocenters. The van der Waals surface area contributed by atoms with Crippen molar-refractivity contribution in [1.29, 1.82) is 0 Å². The monoisotopic (exact) mass is 431 g/mol. The molecule has 0 aliphatic carbocycles. The third kappa shape index (κ3) is 3.24. The van der Waals surface area contributed by atoms with E-state index in [1.54, 1.807) is 0 Å². The molecule has 0 aliphatic rings. The molecule has 0 spiro atoms. The van der Waals surface area contributed by atoms with E-state index in [0.29, 0.717) is 0 Å². The number of halogens is 1. The van der Waals surface area contributed by atoms with Crippen molar-refractivity contribution in [2.24, 2.45) is 0 Å². The number of hydrogen-bond acceptors (Lipinski definition) is 2. The number of rotatable bonds is 5. The van der Waals surface area contributed by atoms with E-state index in [-0.39, 0.29) is 0 Å². The largest absolute Gasteiger partial charge is 0.197 e. The maximum absolute atomic E-state index is 4.45. The van der Waals surface area contributed by atoms with E-state index in [9.17, 15) is 0 Å². The lowest BCUT2D eigenvalue weighted by atomic mass is 9.91. The Morgan fingerprint density at radius 1 is 0.792 bits per heavy atom. The average Bonchev–Trinajstić information content (AvgIpc) is 3.10. The minimum atomic E-state index is 0.916. The highest BCUT2D eigenvalue weighted by Crippen LogP contribution is 2.32. The van der Waals surface area contributed by atoms with Crippen LogP contribution in [-0.4, -0.2) is 15.4 Å². The van der Waals surface area contributed by atoms with E-state index >= 15 is 0 Å². The molecule has 0 aliphatic heterocycles. The summed E-state index contributed by atoms with van der Waals surface area (Å²) < 4.78 is 1.22. The highest BCUT2D eigenvalue weighted by Gasteiger charge is 2.15. The second kappa shape index (κ2) is 7.47. The van der Waals surface area contributed by atoms with Crippen LogP contribution in [0.25, 0.3) is 22.5 Å². The van der Waals surface area contributed by atoms with Gasteiger partial charge in [-0.2, -0.15) is 15.4 Å². The second-order valence-electron chi connectivity index (χ2n) is 5.86. The summed E-state index contributed by atoms with van der Waals surface area (Å²) in [7, 11) is 0. The van der Waals surface area contributed by atoms with Gasteiger partial charge < -0.3 is 0 Å². The summed E-state index contributed by atoms with van der Waals surface area (Å²) in [5.41, 5.74) is 8.43. The number of nitrogens with one attached hydrogen (secondary N) is 1. The Labute approximate surface area is 157 Å². The summed E-state index contributed by atoms with van der Waals surface area (Å²) in [5.74, 6) is 0. The minimum Gasteiger partial charge on any atom is -0.197 e. The molecule has 0 saturated heterocycles. The summed E-state index contributed by atoms with van der Waals surface area (Å²) in [6.45, 7) is 6.68. The molecule has 0 saturated carbocycles. The normalized spacial score (nSPS) is 11.0. The van der Waals surface area contributed by atoms with Gasteiger partial charge in [-0.05, 0) is 82.8 Å². The molecular weight excluding hydrogens is 409 g/mol. The maximum Gasteiger partial charge on any atom is 0.120 e. The zero-order valence-electron chi connectivity index (χ0n) is 14.4. The zero-order chi connectivity index (χ0) is 17.1. The number of nitrogens with zero attached hydrogens (tertiary/aromatic N) is 2. The van der Waals surface area contributed by atoms with Crippen molar-refractivity contribution < 1.29 is 0 Å². The first-order chi connectivity index (χ1) is 11.7. The van der Waals surface area contributed by atoms with Gasteiger partial charge in [-0.25, -0.2) is 0 Å². The highest BCUT2D eigenvalue weighted by atomic mass is 127. The Morgan fingerprint density at radius 2 is 1.33 bits per heavy atom. The lowest BCUT2D eigenvalue weighted by Gasteiger charge is -2.14. The molecule has 0 bridgehead atoms. The number of H-pyrrole nitrogens is 1. The quantitative estimate of drug-likeness (QED) is 0.548. The van der Waals surface area contributed by atoms with Crippen molar-refractivity contribution in [3.8, 4) is 22.5 Å². The molecule has 0 radical (unpaired) electrons. The van der Waals surface area contributed by atoms with Crippen LogP contribution >= 0.6 is 22.6 Å². The van der Waals surface area contributed by atoms with Crippen molar-refractivity contribution in [3.63, 3.8) is 0 Å². The van der Waals surface area contributed by atoms with Gasteiger partial charge >= 0.3 is 0 Å². The molecule has 0 amide bonds. The lowest BCUT2D eigenvalue weighted by molar-refractivity contribution is 0.942. The lowest BCUT2D eigenvalue weighted by Crippen LogP contribution is -1.99. The fourth-order valence-corrected chi connectivity index (χ4v) is 3.62. The Morgan fingerprint density at radius 3 is 1.83 bits per heavy atom. The molecule has 24 heavy (non-hydrogen) atoms. The summed E-state index contributed by atoms with van der Waals surface area (Å²) in [6.07, 6.45) is 3.16. The van der Waals surface area contributed by atoms with Crippen molar-refractivity contribution in [1.82, 2.24) is 15.4 Å². The van der Waals surface area contributed by atoms with Gasteiger partial charge in [-0.3, -0.25) is 0 Å². The van der Waals surface area contributed by atoms with Gasteiger partial charge in [-0.15, -0.1) is 0 Å². The van der Waals surface area contributed by atoms with Crippen molar-refractivity contribution in [2.45, 2.75) is 40.0 Å². The van der Waals surface area contributed by atoms with Gasteiger partial charge in [0.05, 0.1) is 0 Å². The van der Waals surface area contributed by atoms with E-state index in [2.05, 4.69) is 95.2 Å². The van der Waals surface area contributed by atoms with Gasteiger partial charge in [0.2, 0.25) is 0 Å². The molecular formula is C20H22IN3. The number of aromatic amines is 1. The van der Waals surface area contributed by atoms with E-state index in [4.69, 9.17) is 0 Å². The Hall–Kier alpha value is -1.69. The van der Waals surface area contributed by atoms with E-state index in [1.165, 1.54) is 20.3 Å². The van der Waals surface area contributed by atoms with Crippen LogP contribution in [0.3, 0.4) is 0 Å². The number of hydrogen-bond donors (Lipinski definition) is 1. The fraction of sp³-hybridized carbons (Fsp3) is 0.300. The van der Waals surface area contributed by atoms with Crippen LogP contribution in [0.2, 0.25) is 0 Å². The van der Waals surface area contributed by atoms with Crippen LogP contribution in [-0.2, 0) is 19.3 Å². The smallest absolute Gasteiger partial charge is 0.120 e. The minimum absolute atomic E-state index is 0.916. The number of aryl methyl sites for hydroxylation is 2. The van der Waals surface area contributed by atoms with Gasteiger partial charge in [0.15, 0.2) is 0 Å². The van der Waals surface area contributed by atoms with Gasteiger partial charge in [0.25, 0.3) is 0 Å². The highest BCUT2D eigenvalue weighted by molar-refractivity contribution is 14.1. The Balaban J connectivity index is 2.14. The topological polar surface area (TPSA) is 41.6 Å². The first-order valence-electron chi connectivity index (χ1n) is 8.49. The molecule has 0 fully saturated rings. The van der Waals surface area contributed by atoms with Crippen LogP contribution in [0.1, 0.15) is 37.5 Å². The Kier molecular flexibility index (Phi) is 5.33. The Bertz CT molecular complexity index is 809. The first kappa shape index (κ1) is 17.1. The predicted molar refractivity (Wildman–Crippen MR) is 108 cm³/mol. The molecule has 1 aromatic heterocycles. The third-order valence-corrected chi connectivity index (χ3v) is 5.21. The standard InChI is InChI=1S/C20H22IN3/c1-4-13-11-16(12-14(5-2)18(13)6-3)20-19(22-24-23-20)15-7-9-17(21)10-8-15/h7-12H,4-6H2,1-3H3,(H,22,23,24). The van der Waals surface area contributed by atoms with Gasteiger partial charge in [0.1, 0.15) is 11.4 Å². The van der Waals surface area contributed by atoms with Crippen LogP contribution in [0, 0.1) is 3.57 Å². The van der Waals surface area contributed by atoms with E-state index in [0.717, 1.165) is 41.8 Å². The molecule has 0 unspecified atom stereocenters. The zero-order valence-corrected chi connectivity index (χ0v) is 16.5. The predicted octanol–water partition coefficient (Wildman–Crippen LogP) is 5.43. The molecule has 3 rings (SSSR count). The summed E-state index contributed by atoms with van der Waals surface area (Å²) >= 11 is 2.32. The first-order valence-corrected chi connectivity index (χ1v) is 9.57. The molecule has 3 nitrogen and oxygen atoms in total. The van der Waals surface area contributed by atoms with Crippen molar-refractivity contribution in [3.05, 3.63) is 56.7 Å². The third-order valence-electron chi connectivity index (χ3n) is 4.49. The molecule has 4 heteroatoms. The van der Waals surface area contributed by atoms with Crippen LogP contribution in [0.15, 0.2) is 36.4 Å². The van der Waals surface area contributed by atoms with Crippen molar-refractivity contribution >= 4 is 22.6 Å². The second-order valence-corrected chi connectivity index (χ2v) is 7.11. The van der Waals surface area contributed by atoms with Gasteiger partial charge in [-0.1, -0.05) is 32.9 Å². The summed E-state index contributed by atoms with van der Waals surface area (Å²) in [5, 5.41) is 11.7. The molecule has 3 aromatic rings. The van der Waals surface area contributed by atoms with E-state index in [1.807, 2.05) is 0 Å². The fourth-order valence-electron chi connectivity index (χ4n) is 3.26. The number of aromatic nitrogens is 3. The van der Waals surface area contributed by atoms with Crippen LogP contribution < -0.4 is 0 Å². The molecule has 2 aromatic carbocycles. The average molecular weight is 431 g/mol. The molecule has 1 N–H and O–H groups in total. The molecule has 1 heterocycles. The van der Waals surface area contributed by atoms with Gasteiger partial charge in [0, 0.05) is 14.7 Å². The van der Waals surface area contributed by atoms with Crippen LogP contribution in [0.5, 0.6) is 0 Å².